The topological polar surface area (TPSA) is 269 Å². The van der Waals surface area contributed by atoms with Gasteiger partial charge >= 0.3 is 7.12 Å². The molecule has 4 saturated heterocycles. The zero-order valence-corrected chi connectivity index (χ0v) is 76.2. The van der Waals surface area contributed by atoms with E-state index in [0.717, 1.165) is 172 Å². The normalized spacial score (nSPS) is 15.0. The first-order valence-electron chi connectivity index (χ1n) is 40.0. The van der Waals surface area contributed by atoms with Gasteiger partial charge in [0.15, 0.2) is 67.3 Å². The second kappa shape index (κ2) is 38.2. The molecule has 0 spiro atoms. The number of thiazole rings is 3. The summed E-state index contributed by atoms with van der Waals surface area (Å²) in [6.45, 7) is 19.5. The fraction of sp³-hybridized carbons (Fsp3) is 0.256. The Balaban J connectivity index is 0.000000121. The Morgan fingerprint density at radius 1 is 0.452 bits per heavy atom. The molecule has 5 aromatic carbocycles. The third-order valence-electron chi connectivity index (χ3n) is 22.0. The number of halogens is 6. The molecule has 36 heteroatoms. The lowest BCUT2D eigenvalue weighted by molar-refractivity contribution is 0.00578. The highest BCUT2D eigenvalue weighted by Gasteiger charge is 2.52. The van der Waals surface area contributed by atoms with Crippen LogP contribution < -0.4 is 39.1 Å². The van der Waals surface area contributed by atoms with Crippen molar-refractivity contribution in [3.8, 4) is 90.0 Å². The van der Waals surface area contributed by atoms with E-state index in [0.29, 0.717) is 52.1 Å². The molecule has 16 aromatic rings. The summed E-state index contributed by atoms with van der Waals surface area (Å²) >= 11 is 11.6. The molecule has 4 fully saturated rings. The highest BCUT2D eigenvalue weighted by atomic mass is 79.9. The standard InChI is InChI=1S/C28H25FN4O4S2.C21H19FN4O2S.C20H22BFN2O3.C14H10BrFN2O.C7H9BrN2OS/c1-18-6-8-20(9-7-18)39(34,35)33-16-23(21-4-3-5-24(29)26(21)36-2)22-14-19(15-30-27(22)33)25-17-38-28(31-25)32-10-12-37-13-11-32;1-27-19-14(3-2-4-17(19)22)16-11-24-20-15(16)9-13(10-23-20)18-12-29-21(25-18)26-5-7-28-8-6-26;1-19(2)20(3,4)27-21(26-19)12-9-14-15(11-24-18(14)23-10-12)13-7-6-8-16(22)17(13)25-5;1-19-13-9(3-2-4-12(13)16)11-7-18-14-10(11)5-8(15)6-17-14;8-6-5-12-7(9-6)10-1-3-11-4-2-10/h3-9,14-17H,10-13H2,1-2H3;2-4,9-12H,5-8H2,1H3,(H,23,24);6-11H,1-5H3,(H,23,24);2-7H,1H3,(H,17,18);5H,1-4H2. The second-order valence-corrected chi connectivity index (χ2v) is 36.4. The van der Waals surface area contributed by atoms with E-state index >= 15 is 0 Å². The molecule has 0 saturated carbocycles. The molecule has 650 valence electrons. The van der Waals surface area contributed by atoms with Crippen LogP contribution in [0.3, 0.4) is 0 Å². The number of aromatic nitrogens is 11. The molecule has 25 nitrogen and oxygen atoms in total. The summed E-state index contributed by atoms with van der Waals surface area (Å²) in [5.41, 5.74) is 12.0. The van der Waals surface area contributed by atoms with Gasteiger partial charge in [-0.25, -0.2) is 64.8 Å². The van der Waals surface area contributed by atoms with Crippen molar-refractivity contribution in [2.24, 2.45) is 0 Å². The lowest BCUT2D eigenvalue weighted by atomic mass is 9.79. The van der Waals surface area contributed by atoms with E-state index in [9.17, 15) is 26.0 Å². The number of methoxy groups -OCH3 is 4. The molecule has 4 aliphatic heterocycles. The predicted octanol–water partition coefficient (Wildman–Crippen LogP) is 19.3. The van der Waals surface area contributed by atoms with Crippen molar-refractivity contribution >= 4 is 148 Å². The summed E-state index contributed by atoms with van der Waals surface area (Å²) < 4.78 is 137. The maximum Gasteiger partial charge on any atom is 0.496 e. The predicted molar refractivity (Wildman–Crippen MR) is 494 cm³/mol. The fourth-order valence-corrected chi connectivity index (χ4v) is 19.5. The van der Waals surface area contributed by atoms with Gasteiger partial charge in [0.25, 0.3) is 10.0 Å². The summed E-state index contributed by atoms with van der Waals surface area (Å²) in [7, 11) is 1.28. The Morgan fingerprint density at radius 2 is 0.833 bits per heavy atom. The number of benzene rings is 5. The zero-order chi connectivity index (χ0) is 88.1. The number of nitrogens with one attached hydrogen (secondary N) is 3. The number of para-hydroxylation sites is 4. The van der Waals surface area contributed by atoms with Crippen molar-refractivity contribution in [3.63, 3.8) is 0 Å². The molecule has 3 N–H and O–H groups in total. The highest BCUT2D eigenvalue weighted by molar-refractivity contribution is 9.10. The highest BCUT2D eigenvalue weighted by Crippen LogP contribution is 2.45. The van der Waals surface area contributed by atoms with Crippen LogP contribution in [0.2, 0.25) is 0 Å². The van der Waals surface area contributed by atoms with E-state index in [-0.39, 0.29) is 39.4 Å². The third-order valence-corrected chi connectivity index (χ3v) is 27.5. The minimum Gasteiger partial charge on any atom is -0.493 e. The first-order chi connectivity index (χ1) is 60.9. The van der Waals surface area contributed by atoms with Crippen molar-refractivity contribution < 1.29 is 68.4 Å². The Labute approximate surface area is 752 Å². The molecule has 0 radical (unpaired) electrons. The molecular formula is C90H85BBr2F4N14O11S4. The fourth-order valence-electron chi connectivity index (χ4n) is 14.8. The van der Waals surface area contributed by atoms with Gasteiger partial charge in [-0.1, -0.05) is 66.2 Å². The van der Waals surface area contributed by atoms with E-state index < -0.39 is 45.8 Å². The van der Waals surface area contributed by atoms with Crippen LogP contribution in [0.1, 0.15) is 33.3 Å². The maximum atomic E-state index is 14.7. The zero-order valence-electron chi connectivity index (χ0n) is 69.8. The minimum atomic E-state index is -4.00. The molecule has 0 amide bonds. The van der Waals surface area contributed by atoms with Gasteiger partial charge < -0.3 is 72.1 Å². The lowest BCUT2D eigenvalue weighted by Crippen LogP contribution is -2.41. The van der Waals surface area contributed by atoms with E-state index in [1.807, 2.05) is 112 Å². The molecule has 4 aliphatic rings. The van der Waals surface area contributed by atoms with E-state index in [1.54, 1.807) is 102 Å². The molecule has 20 rings (SSSR count). The van der Waals surface area contributed by atoms with Gasteiger partial charge in [-0.05, 0) is 127 Å². The van der Waals surface area contributed by atoms with E-state index in [1.165, 1.54) is 70.2 Å². The molecular weight excluding hydrogens is 1830 g/mol. The minimum absolute atomic E-state index is 0.0259. The number of H-pyrrole nitrogens is 3. The summed E-state index contributed by atoms with van der Waals surface area (Å²) in [4.78, 5) is 48.0. The van der Waals surface area contributed by atoms with Gasteiger partial charge in [-0.3, -0.25) is 0 Å². The lowest BCUT2D eigenvalue weighted by Gasteiger charge is -2.32. The number of fused-ring (bicyclic) bond motifs is 4. The number of aromatic amines is 3. The van der Waals surface area contributed by atoms with Crippen molar-refractivity contribution in [2.45, 2.75) is 50.7 Å². The van der Waals surface area contributed by atoms with Crippen molar-refractivity contribution in [3.05, 3.63) is 225 Å². The van der Waals surface area contributed by atoms with Gasteiger partial charge in [0.05, 0.1) is 95.6 Å². The van der Waals surface area contributed by atoms with Crippen LogP contribution in [0.5, 0.6) is 23.0 Å². The molecule has 0 bridgehead atoms. The molecule has 0 atom stereocenters. The summed E-state index contributed by atoms with van der Waals surface area (Å²) in [6, 6.07) is 33.6. The molecule has 126 heavy (non-hydrogen) atoms. The molecule has 0 unspecified atom stereocenters. The molecule has 11 aromatic heterocycles. The Kier molecular flexibility index (Phi) is 26.8. The van der Waals surface area contributed by atoms with Gasteiger partial charge in [-0.15, -0.1) is 34.0 Å². The van der Waals surface area contributed by atoms with Crippen LogP contribution in [-0.4, -0.2) is 188 Å². The second-order valence-electron chi connectivity index (χ2n) is 30.3. The van der Waals surface area contributed by atoms with Gasteiger partial charge in [0.2, 0.25) is 0 Å². The number of aryl methyl sites for hydroxylation is 1. The monoisotopic (exact) mass is 1910 g/mol. The van der Waals surface area contributed by atoms with Crippen molar-refractivity contribution in [1.82, 2.24) is 53.8 Å². The first kappa shape index (κ1) is 88.3. The largest absolute Gasteiger partial charge is 0.496 e. The van der Waals surface area contributed by atoms with E-state index in [4.69, 9.17) is 52.4 Å². The third kappa shape index (κ3) is 18.6. The van der Waals surface area contributed by atoms with Crippen molar-refractivity contribution in [2.75, 3.05) is 122 Å². The smallest absolute Gasteiger partial charge is 0.493 e. The van der Waals surface area contributed by atoms with Gasteiger partial charge in [0.1, 0.15) is 21.5 Å². The number of nitrogens with zero attached hydrogens (tertiary/aromatic N) is 11. The number of pyridine rings is 4. The quantitative estimate of drug-likeness (QED) is 0.0599. The summed E-state index contributed by atoms with van der Waals surface area (Å²) in [6.07, 6.45) is 13.8. The Morgan fingerprint density at radius 3 is 1.26 bits per heavy atom. The van der Waals surface area contributed by atoms with Gasteiger partial charge in [0, 0.05) is 192 Å². The van der Waals surface area contributed by atoms with Crippen molar-refractivity contribution in [1.29, 1.82) is 0 Å². The van der Waals surface area contributed by atoms with Crippen LogP contribution >= 0.6 is 65.9 Å². The number of hydrogen-bond donors (Lipinski definition) is 3. The van der Waals surface area contributed by atoms with Crippen LogP contribution in [0.4, 0.5) is 33.0 Å². The van der Waals surface area contributed by atoms with Gasteiger partial charge in [-0.2, -0.15) is 0 Å². The maximum absolute atomic E-state index is 14.7. The summed E-state index contributed by atoms with van der Waals surface area (Å²) in [5, 5.41) is 12.2. The number of ether oxygens (including phenoxy) is 7. The SMILES string of the molecule is Brc1csc(N2CCOCC2)n1.COc1c(F)cccc1-c1c[nH]c2ncc(-c3csc(N4CCOCC4)n3)cc12.COc1c(F)cccc1-c1c[nH]c2ncc(B3OC(C)(C)C(C)(C)O3)cc12.COc1c(F)cccc1-c1c[nH]c2ncc(Br)cc12.COc1c(F)cccc1-c1cn(S(=O)(=O)c2ccc(C)cc2)c2ncc(-c3csc(N4CCOCC4)n3)cc12. The Bertz CT molecular complexity index is 6700. The molecule has 15 heterocycles. The number of anilines is 3. The number of morpholine rings is 3. The van der Waals surface area contributed by atoms with Crippen LogP contribution in [0.25, 0.3) is 111 Å². The first-order valence-corrected chi connectivity index (χ1v) is 45.7. The average Bonchev–Trinajstić information content (AvgIpc) is 1.57. The average molecular weight is 1910 g/mol. The number of hydrogen-bond acceptors (Lipinski definition) is 24. The summed E-state index contributed by atoms with van der Waals surface area (Å²) in [5.74, 6) is -1.02. The number of rotatable bonds is 16. The van der Waals surface area contributed by atoms with Crippen LogP contribution in [-0.2, 0) is 33.5 Å². The van der Waals surface area contributed by atoms with Crippen LogP contribution in [0, 0.1) is 30.2 Å². The Hall–Kier alpha value is -11.2. The van der Waals surface area contributed by atoms with Crippen LogP contribution in [0.15, 0.2) is 201 Å². The van der Waals surface area contributed by atoms with E-state index in [2.05, 4.69) is 86.4 Å². The molecule has 0 aliphatic carbocycles.